The van der Waals surface area contributed by atoms with Crippen LogP contribution in [-0.4, -0.2) is 98.5 Å². The number of rotatable bonds is 7. The Labute approximate surface area is 170 Å². The Bertz CT molecular complexity index is 592. The molecule has 4 aliphatic heterocycles. The van der Waals surface area contributed by atoms with Gasteiger partial charge in [-0.3, -0.25) is 5.21 Å². The molecule has 8 atom stereocenters. The van der Waals surface area contributed by atoms with Crippen LogP contribution < -0.4 is 5.43 Å². The molecule has 4 heterocycles. The minimum absolute atomic E-state index is 0.149. The number of nitrogens with one attached hydrogen (secondary N) is 1. The largest absolute Gasteiger partial charge is 0.376 e. The zero-order valence-electron chi connectivity index (χ0n) is 17.7. The third kappa shape index (κ3) is 4.32. The predicted octanol–water partition coefficient (Wildman–Crippen LogP) is -0.0350. The van der Waals surface area contributed by atoms with Crippen LogP contribution >= 0.6 is 0 Å². The minimum atomic E-state index is -0.722. The SMILES string of the molecule is CO[C@@H]1[C@H]2OC(C)(C)O[C@H]2O[C@H]1CNN(O)C[C@H]1O[C@H]2OC(C)(C)O[C@@H]2[C@H]1OC. The highest BCUT2D eigenvalue weighted by Crippen LogP contribution is 2.39. The third-order valence-corrected chi connectivity index (χ3v) is 5.55. The third-order valence-electron chi connectivity index (χ3n) is 5.55. The summed E-state index contributed by atoms with van der Waals surface area (Å²) >= 11 is 0. The van der Waals surface area contributed by atoms with Crippen LogP contribution in [0, 0.1) is 0 Å². The molecule has 4 saturated heterocycles. The second-order valence-corrected chi connectivity index (χ2v) is 8.63. The Kier molecular flexibility index (Phi) is 5.94. The first kappa shape index (κ1) is 21.8. The number of methoxy groups -OCH3 is 2. The van der Waals surface area contributed by atoms with E-state index in [9.17, 15) is 5.21 Å². The van der Waals surface area contributed by atoms with Crippen LogP contribution in [0.2, 0.25) is 0 Å². The zero-order valence-corrected chi connectivity index (χ0v) is 17.7. The first-order chi connectivity index (χ1) is 13.6. The lowest BCUT2D eigenvalue weighted by molar-refractivity contribution is -0.237. The van der Waals surface area contributed by atoms with Gasteiger partial charge in [-0.15, -0.1) is 5.17 Å². The van der Waals surface area contributed by atoms with E-state index >= 15 is 0 Å². The number of fused-ring (bicyclic) bond motifs is 2. The molecule has 4 fully saturated rings. The van der Waals surface area contributed by atoms with Crippen molar-refractivity contribution < 1.29 is 43.1 Å². The Hall–Kier alpha value is -0.440. The number of hydrogen-bond donors (Lipinski definition) is 2. The maximum absolute atomic E-state index is 10.3. The van der Waals surface area contributed by atoms with Crippen molar-refractivity contribution in [3.8, 4) is 0 Å². The fourth-order valence-corrected chi connectivity index (χ4v) is 4.41. The molecule has 29 heavy (non-hydrogen) atoms. The van der Waals surface area contributed by atoms with E-state index in [1.54, 1.807) is 14.2 Å². The van der Waals surface area contributed by atoms with Crippen molar-refractivity contribution >= 4 is 0 Å². The highest BCUT2D eigenvalue weighted by Gasteiger charge is 2.56. The summed E-state index contributed by atoms with van der Waals surface area (Å²) in [5.41, 5.74) is 2.91. The van der Waals surface area contributed by atoms with Gasteiger partial charge in [0.2, 0.25) is 0 Å². The molecule has 0 aromatic carbocycles. The van der Waals surface area contributed by atoms with Gasteiger partial charge >= 0.3 is 0 Å². The van der Waals surface area contributed by atoms with Gasteiger partial charge in [0.15, 0.2) is 24.2 Å². The summed E-state index contributed by atoms with van der Waals surface area (Å²) in [7, 11) is 3.19. The molecule has 0 radical (unpaired) electrons. The van der Waals surface area contributed by atoms with Crippen LogP contribution in [0.5, 0.6) is 0 Å². The second-order valence-electron chi connectivity index (χ2n) is 8.63. The standard InChI is InChI=1S/C18H32N2O9/c1-17(2)26-13-11(22-5)9(24-15(13)28-17)7-19-20(21)8-10-12(23-6)14-16(25-10)29-18(3,4)27-14/h9-16,19,21H,7-8H2,1-6H3/t9-,10+,11-,12-,13+,14+,15+,16-/m0/s1. The number of hydrazine groups is 1. The summed E-state index contributed by atoms with van der Waals surface area (Å²) in [6, 6.07) is 0. The number of hydrogen-bond acceptors (Lipinski definition) is 11. The number of nitrogens with zero attached hydrogens (tertiary/aromatic N) is 1. The van der Waals surface area contributed by atoms with E-state index in [-0.39, 0.29) is 37.1 Å². The highest BCUT2D eigenvalue weighted by molar-refractivity contribution is 4.96. The summed E-state index contributed by atoms with van der Waals surface area (Å²) in [5, 5.41) is 11.3. The molecule has 0 aliphatic carbocycles. The van der Waals surface area contributed by atoms with E-state index in [2.05, 4.69) is 5.43 Å². The molecule has 0 amide bonds. The lowest BCUT2D eigenvalue weighted by Gasteiger charge is -2.29. The highest BCUT2D eigenvalue weighted by atomic mass is 16.9. The first-order valence-electron chi connectivity index (χ1n) is 9.90. The molecular weight excluding hydrogens is 388 g/mol. The number of hydroxylamine groups is 1. The van der Waals surface area contributed by atoms with Crippen LogP contribution in [0.25, 0.3) is 0 Å². The summed E-state index contributed by atoms with van der Waals surface area (Å²) in [5.74, 6) is -1.43. The van der Waals surface area contributed by atoms with E-state index in [0.717, 1.165) is 5.17 Å². The van der Waals surface area contributed by atoms with Crippen molar-refractivity contribution in [1.29, 1.82) is 0 Å². The van der Waals surface area contributed by atoms with Gasteiger partial charge in [-0.05, 0) is 27.7 Å². The van der Waals surface area contributed by atoms with Gasteiger partial charge in [0.1, 0.15) is 36.6 Å². The van der Waals surface area contributed by atoms with E-state index in [0.29, 0.717) is 6.54 Å². The normalized spacial score (nSPS) is 45.1. The summed E-state index contributed by atoms with van der Waals surface area (Å²) < 4.78 is 46.1. The van der Waals surface area contributed by atoms with Crippen molar-refractivity contribution in [2.75, 3.05) is 27.3 Å². The molecule has 0 bridgehead atoms. The van der Waals surface area contributed by atoms with Crippen LogP contribution in [-0.2, 0) is 37.9 Å². The Morgan fingerprint density at radius 2 is 1.31 bits per heavy atom. The molecule has 4 aliphatic rings. The smallest absolute Gasteiger partial charge is 0.190 e. The molecule has 0 aromatic rings. The summed E-state index contributed by atoms with van der Waals surface area (Å²) in [4.78, 5) is 0. The molecule has 0 saturated carbocycles. The Morgan fingerprint density at radius 3 is 1.83 bits per heavy atom. The van der Waals surface area contributed by atoms with Gasteiger partial charge in [0.25, 0.3) is 0 Å². The number of ether oxygens (including phenoxy) is 8. The molecule has 11 nitrogen and oxygen atoms in total. The van der Waals surface area contributed by atoms with E-state index < -0.39 is 30.3 Å². The van der Waals surface area contributed by atoms with Crippen molar-refractivity contribution in [2.24, 2.45) is 0 Å². The Morgan fingerprint density at radius 1 is 0.828 bits per heavy atom. The van der Waals surface area contributed by atoms with E-state index in [1.807, 2.05) is 27.7 Å². The van der Waals surface area contributed by atoms with Crippen LogP contribution in [0.15, 0.2) is 0 Å². The predicted molar refractivity (Wildman–Crippen MR) is 95.5 cm³/mol. The topological polar surface area (TPSA) is 109 Å². The zero-order chi connectivity index (χ0) is 21.0. The van der Waals surface area contributed by atoms with Gasteiger partial charge in [0, 0.05) is 20.8 Å². The quantitative estimate of drug-likeness (QED) is 0.542. The van der Waals surface area contributed by atoms with Crippen molar-refractivity contribution in [3.05, 3.63) is 0 Å². The van der Waals surface area contributed by atoms with Gasteiger partial charge in [0.05, 0.1) is 6.54 Å². The van der Waals surface area contributed by atoms with Gasteiger partial charge in [-0.1, -0.05) is 0 Å². The van der Waals surface area contributed by atoms with Gasteiger partial charge in [-0.2, -0.15) is 0 Å². The lowest BCUT2D eigenvalue weighted by Crippen LogP contribution is -2.50. The lowest BCUT2D eigenvalue weighted by atomic mass is 10.1. The first-order valence-corrected chi connectivity index (χ1v) is 9.90. The fraction of sp³-hybridized carbons (Fsp3) is 1.00. The van der Waals surface area contributed by atoms with E-state index in [4.69, 9.17) is 37.9 Å². The van der Waals surface area contributed by atoms with E-state index in [1.165, 1.54) is 0 Å². The molecule has 2 N–H and O–H groups in total. The molecule has 0 spiro atoms. The average Bonchev–Trinajstić information content (AvgIpc) is 3.27. The van der Waals surface area contributed by atoms with Crippen LogP contribution in [0.1, 0.15) is 27.7 Å². The molecule has 168 valence electrons. The summed E-state index contributed by atoms with van der Waals surface area (Å²) in [6.07, 6.45) is -3.16. The fourth-order valence-electron chi connectivity index (χ4n) is 4.41. The second kappa shape index (κ2) is 7.92. The maximum atomic E-state index is 10.3. The monoisotopic (exact) mass is 420 g/mol. The Balaban J connectivity index is 1.27. The maximum Gasteiger partial charge on any atom is 0.190 e. The van der Waals surface area contributed by atoms with Crippen LogP contribution in [0.3, 0.4) is 0 Å². The summed E-state index contributed by atoms with van der Waals surface area (Å²) in [6.45, 7) is 7.77. The minimum Gasteiger partial charge on any atom is -0.376 e. The molecule has 0 unspecified atom stereocenters. The molecular formula is C18H32N2O9. The molecule has 4 rings (SSSR count). The average molecular weight is 420 g/mol. The molecule has 0 aromatic heterocycles. The van der Waals surface area contributed by atoms with Crippen LogP contribution in [0.4, 0.5) is 0 Å². The van der Waals surface area contributed by atoms with Crippen molar-refractivity contribution in [1.82, 2.24) is 10.6 Å². The molecule has 11 heteroatoms. The van der Waals surface area contributed by atoms with Crippen molar-refractivity contribution in [3.63, 3.8) is 0 Å². The van der Waals surface area contributed by atoms with Crippen molar-refractivity contribution in [2.45, 2.75) is 88.5 Å². The van der Waals surface area contributed by atoms with Gasteiger partial charge < -0.3 is 37.9 Å². The van der Waals surface area contributed by atoms with Gasteiger partial charge in [-0.25, -0.2) is 5.43 Å².